The van der Waals surface area contributed by atoms with Crippen LogP contribution in [0.25, 0.3) is 11.3 Å². The monoisotopic (exact) mass is 241 g/mol. The second-order valence-electron chi connectivity index (χ2n) is 3.69. The second-order valence-corrected chi connectivity index (χ2v) is 3.69. The summed E-state index contributed by atoms with van der Waals surface area (Å²) in [6, 6.07) is 10.4. The van der Waals surface area contributed by atoms with E-state index in [-0.39, 0.29) is 0 Å². The van der Waals surface area contributed by atoms with Gasteiger partial charge in [0.05, 0.1) is 17.5 Å². The highest BCUT2D eigenvalue weighted by molar-refractivity contribution is 5.66. The van der Waals surface area contributed by atoms with Crippen LogP contribution < -0.4 is 0 Å². The van der Waals surface area contributed by atoms with Gasteiger partial charge >= 0.3 is 0 Å². The molecular formula is C15H19N3. The molecular weight excluding hydrogens is 222 g/mol. The average molecular weight is 241 g/mol. The molecule has 0 spiro atoms. The Morgan fingerprint density at radius 3 is 2.33 bits per heavy atom. The van der Waals surface area contributed by atoms with Crippen LogP contribution in [0.15, 0.2) is 30.5 Å². The van der Waals surface area contributed by atoms with Crippen molar-refractivity contribution in [3.05, 3.63) is 41.6 Å². The van der Waals surface area contributed by atoms with Gasteiger partial charge in [0.1, 0.15) is 6.07 Å². The molecule has 0 saturated carbocycles. The van der Waals surface area contributed by atoms with Gasteiger partial charge in [-0.05, 0) is 12.0 Å². The van der Waals surface area contributed by atoms with Gasteiger partial charge in [0.25, 0.3) is 0 Å². The molecule has 1 heterocycles. The van der Waals surface area contributed by atoms with Gasteiger partial charge in [0, 0.05) is 12.6 Å². The van der Waals surface area contributed by atoms with E-state index in [9.17, 15) is 0 Å². The summed E-state index contributed by atoms with van der Waals surface area (Å²) in [5.74, 6) is 0. The molecule has 3 heteroatoms. The van der Waals surface area contributed by atoms with Crippen molar-refractivity contribution in [1.29, 1.82) is 5.26 Å². The van der Waals surface area contributed by atoms with E-state index in [1.807, 2.05) is 33.0 Å². The minimum atomic E-state index is 0.617. The Morgan fingerprint density at radius 2 is 1.83 bits per heavy atom. The fraction of sp³-hybridized carbons (Fsp3) is 0.333. The Kier molecular flexibility index (Phi) is 5.13. The minimum Gasteiger partial charge on any atom is -0.267 e. The minimum absolute atomic E-state index is 0.617. The fourth-order valence-electron chi connectivity index (χ4n) is 1.76. The number of nitrogens with zero attached hydrogens (tertiary/aromatic N) is 3. The van der Waals surface area contributed by atoms with Gasteiger partial charge in [-0.2, -0.15) is 10.4 Å². The first-order chi connectivity index (χ1) is 8.76. The van der Waals surface area contributed by atoms with Crippen LogP contribution in [-0.4, -0.2) is 9.78 Å². The van der Waals surface area contributed by atoms with Gasteiger partial charge in [-0.15, -0.1) is 0 Å². The maximum absolute atomic E-state index is 8.99. The van der Waals surface area contributed by atoms with E-state index in [0.29, 0.717) is 5.56 Å². The van der Waals surface area contributed by atoms with Crippen molar-refractivity contribution in [1.82, 2.24) is 9.78 Å². The summed E-state index contributed by atoms with van der Waals surface area (Å²) in [5, 5.41) is 13.1. The zero-order valence-corrected chi connectivity index (χ0v) is 11.4. The SMILES string of the molecule is CC.CCc1ccc(-c2c(C#N)cnn2C)cc1. The molecule has 1 aromatic heterocycles. The maximum Gasteiger partial charge on any atom is 0.103 e. The normalized spacial score (nSPS) is 9.28. The van der Waals surface area contributed by atoms with E-state index in [1.54, 1.807) is 10.9 Å². The van der Waals surface area contributed by atoms with Gasteiger partial charge in [0.15, 0.2) is 0 Å². The molecule has 0 aliphatic carbocycles. The summed E-state index contributed by atoms with van der Waals surface area (Å²) >= 11 is 0. The van der Waals surface area contributed by atoms with E-state index in [2.05, 4.69) is 30.2 Å². The molecule has 0 radical (unpaired) electrons. The third-order valence-corrected chi connectivity index (χ3v) is 2.69. The quantitative estimate of drug-likeness (QED) is 0.806. The molecule has 0 atom stereocenters. The summed E-state index contributed by atoms with van der Waals surface area (Å²) in [4.78, 5) is 0. The summed E-state index contributed by atoms with van der Waals surface area (Å²) < 4.78 is 1.74. The van der Waals surface area contributed by atoms with Crippen LogP contribution in [0.5, 0.6) is 0 Å². The van der Waals surface area contributed by atoms with Gasteiger partial charge in [-0.25, -0.2) is 0 Å². The lowest BCUT2D eigenvalue weighted by atomic mass is 10.1. The molecule has 3 nitrogen and oxygen atoms in total. The van der Waals surface area contributed by atoms with Crippen molar-refractivity contribution in [2.75, 3.05) is 0 Å². The number of hydrogen-bond acceptors (Lipinski definition) is 2. The van der Waals surface area contributed by atoms with Gasteiger partial charge in [-0.1, -0.05) is 45.0 Å². The number of rotatable bonds is 2. The lowest BCUT2D eigenvalue weighted by Gasteiger charge is -2.04. The van der Waals surface area contributed by atoms with Crippen molar-refractivity contribution in [3.8, 4) is 17.3 Å². The number of nitriles is 1. The van der Waals surface area contributed by atoms with E-state index in [1.165, 1.54) is 5.56 Å². The van der Waals surface area contributed by atoms with Crippen molar-refractivity contribution in [3.63, 3.8) is 0 Å². The predicted octanol–water partition coefficient (Wildman–Crippen LogP) is 3.55. The molecule has 0 unspecified atom stereocenters. The number of benzene rings is 1. The van der Waals surface area contributed by atoms with Crippen molar-refractivity contribution < 1.29 is 0 Å². The molecule has 0 aliphatic heterocycles. The van der Waals surface area contributed by atoms with E-state index >= 15 is 0 Å². The van der Waals surface area contributed by atoms with Crippen LogP contribution in [-0.2, 0) is 13.5 Å². The Hall–Kier alpha value is -2.08. The molecule has 0 aliphatic rings. The standard InChI is InChI=1S/C13H13N3.C2H6/c1-3-10-4-6-11(7-5-10)13-12(8-14)9-15-16(13)2;1-2/h4-7,9H,3H2,1-2H3;1-2H3. The lowest BCUT2D eigenvalue weighted by Crippen LogP contribution is -1.94. The molecule has 0 bridgehead atoms. The Morgan fingerprint density at radius 1 is 1.22 bits per heavy atom. The zero-order valence-electron chi connectivity index (χ0n) is 11.4. The Balaban J connectivity index is 0.000000771. The molecule has 1 aromatic carbocycles. The third kappa shape index (κ3) is 2.78. The first kappa shape index (κ1) is 14.0. The van der Waals surface area contributed by atoms with E-state index < -0.39 is 0 Å². The fourth-order valence-corrected chi connectivity index (χ4v) is 1.76. The molecule has 94 valence electrons. The maximum atomic E-state index is 8.99. The number of aromatic nitrogens is 2. The molecule has 2 rings (SSSR count). The summed E-state index contributed by atoms with van der Waals surface area (Å²) in [6.45, 7) is 6.12. The summed E-state index contributed by atoms with van der Waals surface area (Å²) in [5.41, 5.74) is 3.83. The average Bonchev–Trinajstić information content (AvgIpc) is 2.82. The van der Waals surface area contributed by atoms with E-state index in [0.717, 1.165) is 17.7 Å². The van der Waals surface area contributed by atoms with E-state index in [4.69, 9.17) is 5.26 Å². The van der Waals surface area contributed by atoms with Crippen LogP contribution in [0.3, 0.4) is 0 Å². The first-order valence-corrected chi connectivity index (χ1v) is 6.27. The molecule has 0 N–H and O–H groups in total. The van der Waals surface area contributed by atoms with Crippen molar-refractivity contribution in [2.45, 2.75) is 27.2 Å². The highest BCUT2D eigenvalue weighted by Gasteiger charge is 2.09. The topological polar surface area (TPSA) is 41.6 Å². The first-order valence-electron chi connectivity index (χ1n) is 6.27. The largest absolute Gasteiger partial charge is 0.267 e. The third-order valence-electron chi connectivity index (χ3n) is 2.69. The highest BCUT2D eigenvalue weighted by atomic mass is 15.3. The molecule has 0 fully saturated rings. The van der Waals surface area contributed by atoms with Crippen LogP contribution in [0.4, 0.5) is 0 Å². The Labute approximate surface area is 109 Å². The zero-order chi connectivity index (χ0) is 13.5. The smallest absolute Gasteiger partial charge is 0.103 e. The molecule has 18 heavy (non-hydrogen) atoms. The lowest BCUT2D eigenvalue weighted by molar-refractivity contribution is 0.776. The predicted molar refractivity (Wildman–Crippen MR) is 74.1 cm³/mol. The Bertz CT molecular complexity index is 530. The molecule has 2 aromatic rings. The second kappa shape index (κ2) is 6.61. The number of hydrogen-bond donors (Lipinski definition) is 0. The van der Waals surface area contributed by atoms with Crippen molar-refractivity contribution in [2.24, 2.45) is 7.05 Å². The summed E-state index contributed by atoms with van der Waals surface area (Å²) in [6.07, 6.45) is 2.62. The van der Waals surface area contributed by atoms with Gasteiger partial charge in [0.2, 0.25) is 0 Å². The molecule has 0 amide bonds. The van der Waals surface area contributed by atoms with Crippen LogP contribution in [0.1, 0.15) is 31.9 Å². The van der Waals surface area contributed by atoms with Crippen LogP contribution >= 0.6 is 0 Å². The van der Waals surface area contributed by atoms with Crippen molar-refractivity contribution >= 4 is 0 Å². The van der Waals surface area contributed by atoms with Gasteiger partial charge in [-0.3, -0.25) is 4.68 Å². The molecule has 0 saturated heterocycles. The van der Waals surface area contributed by atoms with Crippen LogP contribution in [0.2, 0.25) is 0 Å². The van der Waals surface area contributed by atoms with Gasteiger partial charge < -0.3 is 0 Å². The summed E-state index contributed by atoms with van der Waals surface area (Å²) in [7, 11) is 1.85. The van der Waals surface area contributed by atoms with Crippen LogP contribution in [0, 0.1) is 11.3 Å². The number of aryl methyl sites for hydroxylation is 2. The highest BCUT2D eigenvalue weighted by Crippen LogP contribution is 2.22.